The highest BCUT2D eigenvalue weighted by Gasteiger charge is 2.15. The van der Waals surface area contributed by atoms with Crippen molar-refractivity contribution in [2.45, 2.75) is 39.8 Å². The van der Waals surface area contributed by atoms with Gasteiger partial charge in [-0.15, -0.1) is 10.2 Å². The Hall–Kier alpha value is -3.94. The summed E-state index contributed by atoms with van der Waals surface area (Å²) in [5, 5.41) is 15.5. The van der Waals surface area contributed by atoms with Gasteiger partial charge in [-0.05, 0) is 49.7 Å². The topological polar surface area (TPSA) is 95.1 Å². The van der Waals surface area contributed by atoms with Crippen molar-refractivity contribution in [3.63, 3.8) is 0 Å². The Morgan fingerprint density at radius 1 is 1.09 bits per heavy atom. The van der Waals surface area contributed by atoms with Gasteiger partial charge in [0.15, 0.2) is 0 Å². The van der Waals surface area contributed by atoms with E-state index in [1.165, 1.54) is 0 Å². The van der Waals surface area contributed by atoms with Crippen molar-refractivity contribution in [1.82, 2.24) is 20.0 Å². The van der Waals surface area contributed by atoms with Crippen molar-refractivity contribution < 1.29 is 13.9 Å². The predicted octanol–water partition coefficient (Wildman–Crippen LogP) is 4.41. The Labute approximate surface area is 186 Å². The second-order valence-electron chi connectivity index (χ2n) is 7.34. The number of hydrogen-bond donors (Lipinski definition) is 1. The number of nitrogens with one attached hydrogen (secondary N) is 1. The van der Waals surface area contributed by atoms with Gasteiger partial charge in [-0.25, -0.2) is 0 Å². The van der Waals surface area contributed by atoms with Crippen molar-refractivity contribution >= 4 is 11.6 Å². The second kappa shape index (κ2) is 9.91. The van der Waals surface area contributed by atoms with Gasteiger partial charge in [-0.2, -0.15) is 5.10 Å². The Balaban J connectivity index is 1.30. The van der Waals surface area contributed by atoms with Crippen LogP contribution in [0, 0.1) is 6.92 Å². The standard InChI is InChI=1S/C24H25N5O3/c1-3-29-21(14-17(2)28-29)24-27-26-23(32-24)13-12-22(30)25-19-9-7-8-18(15-19)16-31-20-10-5-4-6-11-20/h4-11,14-15H,3,12-13,16H2,1-2H3,(H,25,30). The van der Waals surface area contributed by atoms with Crippen molar-refractivity contribution in [3.8, 4) is 17.3 Å². The Bertz CT molecular complexity index is 1180. The molecule has 0 aliphatic rings. The molecule has 0 aliphatic carbocycles. The van der Waals surface area contributed by atoms with Gasteiger partial charge in [0.25, 0.3) is 5.89 Å². The van der Waals surface area contributed by atoms with Crippen molar-refractivity contribution in [2.75, 3.05) is 5.32 Å². The number of nitrogens with zero attached hydrogens (tertiary/aromatic N) is 4. The van der Waals surface area contributed by atoms with E-state index in [-0.39, 0.29) is 12.3 Å². The first-order valence-corrected chi connectivity index (χ1v) is 10.5. The van der Waals surface area contributed by atoms with Crippen LogP contribution < -0.4 is 10.1 Å². The third-order valence-corrected chi connectivity index (χ3v) is 4.81. The molecule has 164 valence electrons. The fraction of sp³-hybridized carbons (Fsp3) is 0.250. The zero-order valence-corrected chi connectivity index (χ0v) is 18.1. The van der Waals surface area contributed by atoms with E-state index in [1.54, 1.807) is 0 Å². The molecule has 4 aromatic rings. The molecular formula is C24H25N5O3. The number of benzene rings is 2. The van der Waals surface area contributed by atoms with Gasteiger partial charge in [-0.1, -0.05) is 30.3 Å². The lowest BCUT2D eigenvalue weighted by atomic mass is 10.2. The number of aryl methyl sites for hydroxylation is 3. The minimum atomic E-state index is -0.125. The van der Waals surface area contributed by atoms with Gasteiger partial charge in [0.05, 0.1) is 5.69 Å². The van der Waals surface area contributed by atoms with E-state index in [1.807, 2.05) is 79.2 Å². The van der Waals surface area contributed by atoms with E-state index >= 15 is 0 Å². The highest BCUT2D eigenvalue weighted by Crippen LogP contribution is 2.20. The van der Waals surface area contributed by atoms with E-state index < -0.39 is 0 Å². The largest absolute Gasteiger partial charge is 0.489 e. The van der Waals surface area contributed by atoms with Crippen LogP contribution in [0.3, 0.4) is 0 Å². The Kier molecular flexibility index (Phi) is 6.60. The Morgan fingerprint density at radius 2 is 1.94 bits per heavy atom. The van der Waals surface area contributed by atoms with Crippen LogP contribution in [0.25, 0.3) is 11.6 Å². The van der Waals surface area contributed by atoms with E-state index in [2.05, 4.69) is 20.6 Å². The molecule has 1 amide bonds. The first-order valence-electron chi connectivity index (χ1n) is 10.5. The molecule has 0 bridgehead atoms. The van der Waals surface area contributed by atoms with Gasteiger partial charge >= 0.3 is 0 Å². The summed E-state index contributed by atoms with van der Waals surface area (Å²) in [4.78, 5) is 12.4. The van der Waals surface area contributed by atoms with Crippen LogP contribution in [0.1, 0.15) is 30.5 Å². The molecule has 0 spiro atoms. The van der Waals surface area contributed by atoms with E-state index in [0.717, 1.165) is 28.4 Å². The molecule has 2 aromatic carbocycles. The number of hydrogen-bond acceptors (Lipinski definition) is 6. The zero-order chi connectivity index (χ0) is 22.3. The fourth-order valence-electron chi connectivity index (χ4n) is 3.28. The Morgan fingerprint density at radius 3 is 2.75 bits per heavy atom. The molecule has 2 heterocycles. The average Bonchev–Trinajstić information content (AvgIpc) is 3.43. The molecule has 32 heavy (non-hydrogen) atoms. The van der Waals surface area contributed by atoms with Crippen molar-refractivity contribution in [3.05, 3.63) is 77.8 Å². The number of anilines is 1. The van der Waals surface area contributed by atoms with Gasteiger partial charge in [0.1, 0.15) is 18.1 Å². The average molecular weight is 431 g/mol. The summed E-state index contributed by atoms with van der Waals surface area (Å²) in [7, 11) is 0. The highest BCUT2D eigenvalue weighted by atomic mass is 16.5. The lowest BCUT2D eigenvalue weighted by molar-refractivity contribution is -0.116. The molecule has 0 aliphatic heterocycles. The molecule has 0 unspecified atom stereocenters. The van der Waals surface area contributed by atoms with Crippen molar-refractivity contribution in [1.29, 1.82) is 0 Å². The molecule has 8 heteroatoms. The summed E-state index contributed by atoms with van der Waals surface area (Å²) in [6.45, 7) is 5.05. The molecule has 0 fully saturated rings. The molecule has 0 radical (unpaired) electrons. The number of carbonyl (C=O) groups excluding carboxylic acids is 1. The van der Waals surface area contributed by atoms with E-state index in [0.29, 0.717) is 31.4 Å². The second-order valence-corrected chi connectivity index (χ2v) is 7.34. The van der Waals surface area contributed by atoms with Gasteiger partial charge in [-0.3, -0.25) is 9.48 Å². The fourth-order valence-corrected chi connectivity index (χ4v) is 3.28. The highest BCUT2D eigenvalue weighted by molar-refractivity contribution is 5.90. The maximum atomic E-state index is 12.4. The summed E-state index contributed by atoms with van der Waals surface area (Å²) >= 11 is 0. The molecule has 0 saturated carbocycles. The maximum Gasteiger partial charge on any atom is 0.265 e. The molecule has 8 nitrogen and oxygen atoms in total. The van der Waals surface area contributed by atoms with Gasteiger partial charge in [0, 0.05) is 25.1 Å². The number of para-hydroxylation sites is 1. The first-order chi connectivity index (χ1) is 15.6. The van der Waals surface area contributed by atoms with Crippen molar-refractivity contribution in [2.24, 2.45) is 0 Å². The molecule has 0 atom stereocenters. The van der Waals surface area contributed by atoms with Crippen LogP contribution in [0.4, 0.5) is 5.69 Å². The lowest BCUT2D eigenvalue weighted by Gasteiger charge is -2.09. The normalized spacial score (nSPS) is 10.8. The first kappa shape index (κ1) is 21.3. The van der Waals surface area contributed by atoms with E-state index in [4.69, 9.17) is 9.15 Å². The lowest BCUT2D eigenvalue weighted by Crippen LogP contribution is -2.12. The van der Waals surface area contributed by atoms with E-state index in [9.17, 15) is 4.79 Å². The number of ether oxygens (including phenoxy) is 1. The third kappa shape index (κ3) is 5.40. The molecular weight excluding hydrogens is 406 g/mol. The van der Waals surface area contributed by atoms with Crippen LogP contribution in [0.2, 0.25) is 0 Å². The van der Waals surface area contributed by atoms with Crippen LogP contribution >= 0.6 is 0 Å². The summed E-state index contributed by atoms with van der Waals surface area (Å²) in [6, 6.07) is 19.1. The molecule has 4 rings (SSSR count). The monoisotopic (exact) mass is 431 g/mol. The number of carbonyl (C=O) groups is 1. The summed E-state index contributed by atoms with van der Waals surface area (Å²) in [5.41, 5.74) is 3.36. The third-order valence-electron chi connectivity index (χ3n) is 4.81. The molecule has 0 saturated heterocycles. The summed E-state index contributed by atoms with van der Waals surface area (Å²) in [5.74, 6) is 1.51. The van der Waals surface area contributed by atoms with Gasteiger partial charge in [0.2, 0.25) is 11.8 Å². The quantitative estimate of drug-likeness (QED) is 0.422. The maximum absolute atomic E-state index is 12.4. The SMILES string of the molecule is CCn1nc(C)cc1-c1nnc(CCC(=O)Nc2cccc(COc3ccccc3)c2)o1. The number of aromatic nitrogens is 4. The minimum absolute atomic E-state index is 0.125. The molecule has 2 aromatic heterocycles. The van der Waals surface area contributed by atoms with Crippen LogP contribution in [0.5, 0.6) is 5.75 Å². The number of rotatable bonds is 9. The van der Waals surface area contributed by atoms with Crippen LogP contribution in [-0.2, 0) is 24.4 Å². The minimum Gasteiger partial charge on any atom is -0.489 e. The molecule has 1 N–H and O–H groups in total. The van der Waals surface area contributed by atoms with Crippen LogP contribution in [0.15, 0.2) is 65.1 Å². The smallest absolute Gasteiger partial charge is 0.265 e. The summed E-state index contributed by atoms with van der Waals surface area (Å²) < 4.78 is 13.3. The zero-order valence-electron chi connectivity index (χ0n) is 18.1. The van der Waals surface area contributed by atoms with Gasteiger partial charge < -0.3 is 14.5 Å². The predicted molar refractivity (Wildman–Crippen MR) is 120 cm³/mol. The summed E-state index contributed by atoms with van der Waals surface area (Å²) in [6.07, 6.45) is 0.591. The number of amides is 1. The van der Waals surface area contributed by atoms with Crippen LogP contribution in [-0.4, -0.2) is 25.9 Å².